The molecule has 0 spiro atoms. The van der Waals surface area contributed by atoms with E-state index in [-0.39, 0.29) is 24.4 Å². The largest absolute Gasteiger partial charge is 0.334 e. The molecular weight excluding hydrogens is 224 g/mol. The van der Waals surface area contributed by atoms with Crippen LogP contribution in [0.4, 0.5) is 4.79 Å². The molecule has 7 nitrogen and oxygen atoms in total. The summed E-state index contributed by atoms with van der Waals surface area (Å²) < 4.78 is 0. The fraction of sp³-hybridized carbons (Fsp3) is 0.700. The zero-order valence-corrected chi connectivity index (χ0v) is 9.44. The topological polar surface area (TPSA) is 105 Å². The molecular formula is C10H16N4O3. The number of carbonyl (C=O) groups excluding carboxylic acids is 3. The summed E-state index contributed by atoms with van der Waals surface area (Å²) in [6.07, 6.45) is 3.61. The molecule has 1 saturated carbocycles. The lowest BCUT2D eigenvalue weighted by Gasteiger charge is -2.39. The van der Waals surface area contributed by atoms with Crippen LogP contribution in [0.15, 0.2) is 0 Å². The van der Waals surface area contributed by atoms with E-state index in [1.54, 1.807) is 0 Å². The monoisotopic (exact) mass is 240 g/mol. The van der Waals surface area contributed by atoms with Crippen molar-refractivity contribution in [2.75, 3.05) is 6.54 Å². The number of nitrogens with one attached hydrogen (secondary N) is 2. The van der Waals surface area contributed by atoms with Crippen LogP contribution in [0.3, 0.4) is 0 Å². The van der Waals surface area contributed by atoms with Gasteiger partial charge in [-0.15, -0.1) is 0 Å². The van der Waals surface area contributed by atoms with Crippen molar-refractivity contribution >= 4 is 17.8 Å². The zero-order valence-electron chi connectivity index (χ0n) is 9.44. The fourth-order valence-electron chi connectivity index (χ4n) is 2.47. The van der Waals surface area contributed by atoms with Crippen molar-refractivity contribution in [1.29, 1.82) is 0 Å². The molecule has 4 amide bonds. The molecule has 2 atom stereocenters. The van der Waals surface area contributed by atoms with Gasteiger partial charge in [0.25, 0.3) is 5.91 Å². The third kappa shape index (κ3) is 2.23. The highest BCUT2D eigenvalue weighted by Gasteiger charge is 2.42. The van der Waals surface area contributed by atoms with Crippen LogP contribution in [0.25, 0.3) is 0 Å². The van der Waals surface area contributed by atoms with Crippen LogP contribution in [0.1, 0.15) is 25.7 Å². The first kappa shape index (κ1) is 11.8. The predicted molar refractivity (Wildman–Crippen MR) is 58.3 cm³/mol. The molecule has 94 valence electrons. The molecule has 1 saturated heterocycles. The number of rotatable bonds is 2. The van der Waals surface area contributed by atoms with E-state index >= 15 is 0 Å². The van der Waals surface area contributed by atoms with Crippen molar-refractivity contribution in [1.82, 2.24) is 15.6 Å². The van der Waals surface area contributed by atoms with E-state index in [1.165, 1.54) is 0 Å². The number of imide groups is 1. The van der Waals surface area contributed by atoms with Gasteiger partial charge >= 0.3 is 6.03 Å². The summed E-state index contributed by atoms with van der Waals surface area (Å²) in [5.74, 6) is 3.94. The summed E-state index contributed by atoms with van der Waals surface area (Å²) in [6.45, 7) is -0.315. The molecule has 2 unspecified atom stereocenters. The van der Waals surface area contributed by atoms with Gasteiger partial charge in [-0.1, -0.05) is 12.8 Å². The van der Waals surface area contributed by atoms with E-state index in [9.17, 15) is 14.4 Å². The Morgan fingerprint density at radius 3 is 2.82 bits per heavy atom. The summed E-state index contributed by atoms with van der Waals surface area (Å²) in [6, 6.07) is -0.567. The number of nitrogens with two attached hydrogens (primary N) is 1. The molecule has 1 aliphatic carbocycles. The molecule has 0 bridgehead atoms. The van der Waals surface area contributed by atoms with Crippen molar-refractivity contribution in [3.8, 4) is 0 Å². The molecule has 1 heterocycles. The normalized spacial score (nSPS) is 28.4. The molecule has 7 heteroatoms. The van der Waals surface area contributed by atoms with E-state index in [0.717, 1.165) is 30.6 Å². The number of hydrogen-bond acceptors (Lipinski definition) is 4. The zero-order chi connectivity index (χ0) is 12.4. The minimum Gasteiger partial charge on any atom is -0.334 e. The van der Waals surface area contributed by atoms with Crippen LogP contribution in [0.2, 0.25) is 0 Å². The maximum Gasteiger partial charge on any atom is 0.324 e. The van der Waals surface area contributed by atoms with Gasteiger partial charge in [0.15, 0.2) is 0 Å². The van der Waals surface area contributed by atoms with E-state index in [4.69, 9.17) is 5.84 Å². The van der Waals surface area contributed by atoms with Gasteiger partial charge in [-0.05, 0) is 12.8 Å². The average molecular weight is 240 g/mol. The van der Waals surface area contributed by atoms with Crippen molar-refractivity contribution in [2.45, 2.75) is 31.7 Å². The molecule has 17 heavy (non-hydrogen) atoms. The number of urea groups is 1. The molecule has 4 N–H and O–H groups in total. The van der Waals surface area contributed by atoms with Crippen LogP contribution in [-0.2, 0) is 9.59 Å². The van der Waals surface area contributed by atoms with Crippen LogP contribution in [0, 0.1) is 5.92 Å². The van der Waals surface area contributed by atoms with E-state index in [2.05, 4.69) is 5.32 Å². The minimum absolute atomic E-state index is 0.0686. The number of nitrogens with zero attached hydrogens (tertiary/aromatic N) is 1. The number of hydrogen-bond donors (Lipinski definition) is 3. The first-order valence-electron chi connectivity index (χ1n) is 5.75. The van der Waals surface area contributed by atoms with Gasteiger partial charge in [-0.3, -0.25) is 19.9 Å². The quantitative estimate of drug-likeness (QED) is 0.330. The van der Waals surface area contributed by atoms with Gasteiger partial charge < -0.3 is 5.32 Å². The standard InChI is InChI=1S/C10H16N4O3/c11-13-8(15)5-14-9(16)6-3-1-2-4-7(6)12-10(14)17/h6-7H,1-5,11H2,(H,12,17)(H,13,15). The molecule has 2 aliphatic rings. The molecule has 2 rings (SSSR count). The Hall–Kier alpha value is -1.63. The highest BCUT2D eigenvalue weighted by atomic mass is 16.2. The Morgan fingerprint density at radius 2 is 2.12 bits per heavy atom. The summed E-state index contributed by atoms with van der Waals surface area (Å²) in [5.41, 5.74) is 1.91. The number of hydrazine groups is 1. The van der Waals surface area contributed by atoms with Crippen LogP contribution in [0.5, 0.6) is 0 Å². The third-order valence-electron chi connectivity index (χ3n) is 3.37. The van der Waals surface area contributed by atoms with E-state index in [0.29, 0.717) is 0 Å². The van der Waals surface area contributed by atoms with Gasteiger partial charge in [-0.2, -0.15) is 0 Å². The van der Waals surface area contributed by atoms with Gasteiger partial charge in [0.1, 0.15) is 6.54 Å². The summed E-state index contributed by atoms with van der Waals surface area (Å²) >= 11 is 0. The molecule has 0 aromatic heterocycles. The van der Waals surface area contributed by atoms with Crippen molar-refractivity contribution < 1.29 is 14.4 Å². The maximum atomic E-state index is 12.1. The molecule has 1 aliphatic heterocycles. The molecule has 0 aromatic carbocycles. The summed E-state index contributed by atoms with van der Waals surface area (Å²) in [5, 5.41) is 2.77. The lowest BCUT2D eigenvalue weighted by Crippen LogP contribution is -2.62. The molecule has 0 radical (unpaired) electrons. The third-order valence-corrected chi connectivity index (χ3v) is 3.37. The summed E-state index contributed by atoms with van der Waals surface area (Å²) in [4.78, 5) is 35.8. The van der Waals surface area contributed by atoms with Crippen molar-refractivity contribution in [3.05, 3.63) is 0 Å². The second-order valence-electron chi connectivity index (χ2n) is 4.44. The Balaban J connectivity index is 2.09. The maximum absolute atomic E-state index is 12.1. The Bertz CT molecular complexity index is 357. The fourth-order valence-corrected chi connectivity index (χ4v) is 2.47. The summed E-state index contributed by atoms with van der Waals surface area (Å²) in [7, 11) is 0. The van der Waals surface area contributed by atoms with E-state index in [1.807, 2.05) is 5.43 Å². The highest BCUT2D eigenvalue weighted by Crippen LogP contribution is 2.28. The SMILES string of the molecule is NNC(=O)CN1C(=O)NC2CCCCC2C1=O. The highest BCUT2D eigenvalue weighted by molar-refractivity contribution is 6.01. The number of amides is 4. The van der Waals surface area contributed by atoms with Gasteiger partial charge in [0.05, 0.1) is 5.92 Å². The first-order valence-corrected chi connectivity index (χ1v) is 5.75. The minimum atomic E-state index is -0.553. The van der Waals surface area contributed by atoms with Crippen molar-refractivity contribution in [2.24, 2.45) is 11.8 Å². The Labute approximate surface area is 98.7 Å². The smallest absolute Gasteiger partial charge is 0.324 e. The lowest BCUT2D eigenvalue weighted by atomic mass is 9.82. The van der Waals surface area contributed by atoms with Crippen LogP contribution >= 0.6 is 0 Å². The van der Waals surface area contributed by atoms with Gasteiger partial charge in [-0.25, -0.2) is 10.6 Å². The number of carbonyl (C=O) groups is 3. The van der Waals surface area contributed by atoms with Gasteiger partial charge in [0.2, 0.25) is 5.91 Å². The predicted octanol–water partition coefficient (Wildman–Crippen LogP) is -0.913. The Morgan fingerprint density at radius 1 is 1.41 bits per heavy atom. The average Bonchev–Trinajstić information content (AvgIpc) is 2.34. The molecule has 2 fully saturated rings. The van der Waals surface area contributed by atoms with Crippen LogP contribution in [-0.4, -0.2) is 35.3 Å². The Kier molecular flexibility index (Phi) is 3.28. The van der Waals surface area contributed by atoms with E-state index < -0.39 is 11.9 Å². The second kappa shape index (κ2) is 4.70. The second-order valence-corrected chi connectivity index (χ2v) is 4.44. The van der Waals surface area contributed by atoms with Gasteiger partial charge in [0, 0.05) is 6.04 Å². The lowest BCUT2D eigenvalue weighted by molar-refractivity contribution is -0.139. The molecule has 0 aromatic rings. The first-order chi connectivity index (χ1) is 8.13. The number of fused-ring (bicyclic) bond motifs is 1. The van der Waals surface area contributed by atoms with Crippen molar-refractivity contribution in [3.63, 3.8) is 0 Å². The van der Waals surface area contributed by atoms with Crippen LogP contribution < -0.4 is 16.6 Å².